The Morgan fingerprint density at radius 3 is 2.37 bits per heavy atom. The van der Waals surface area contributed by atoms with E-state index in [1.165, 1.54) is 0 Å². The summed E-state index contributed by atoms with van der Waals surface area (Å²) in [5.41, 5.74) is 3.11. The van der Waals surface area contributed by atoms with Crippen LogP contribution < -0.4 is 10.1 Å². The van der Waals surface area contributed by atoms with Crippen molar-refractivity contribution in [1.82, 2.24) is 9.80 Å². The molecule has 1 fully saturated rings. The molecular weight excluding hydrogens is 382 g/mol. The number of ether oxygens (including phenoxy) is 1. The third kappa shape index (κ3) is 4.36. The van der Waals surface area contributed by atoms with E-state index in [9.17, 15) is 14.4 Å². The smallest absolute Gasteiger partial charge is 0.253 e. The van der Waals surface area contributed by atoms with Gasteiger partial charge in [0.2, 0.25) is 5.91 Å². The molecule has 0 bridgehead atoms. The van der Waals surface area contributed by atoms with Crippen molar-refractivity contribution in [3.05, 3.63) is 59.2 Å². The van der Waals surface area contributed by atoms with Crippen LogP contribution in [0.2, 0.25) is 0 Å². The van der Waals surface area contributed by atoms with Crippen LogP contribution in [0.1, 0.15) is 32.7 Å². The molecule has 4 rings (SSSR count). The summed E-state index contributed by atoms with van der Waals surface area (Å²) in [4.78, 5) is 40.8. The molecule has 0 aliphatic carbocycles. The maximum Gasteiger partial charge on any atom is 0.253 e. The van der Waals surface area contributed by atoms with Crippen molar-refractivity contribution in [2.24, 2.45) is 0 Å². The molecule has 2 heterocycles. The molecule has 2 aliphatic rings. The van der Waals surface area contributed by atoms with Gasteiger partial charge in [0.05, 0.1) is 13.7 Å². The Morgan fingerprint density at radius 2 is 1.67 bits per heavy atom. The van der Waals surface area contributed by atoms with Crippen LogP contribution in [0.4, 0.5) is 5.69 Å². The molecule has 2 aromatic carbocycles. The maximum atomic E-state index is 12.9. The van der Waals surface area contributed by atoms with Crippen molar-refractivity contribution in [1.29, 1.82) is 0 Å². The number of carbonyl (C=O) groups is 3. The first-order valence-corrected chi connectivity index (χ1v) is 10.1. The van der Waals surface area contributed by atoms with Crippen molar-refractivity contribution in [2.75, 3.05) is 45.2 Å². The summed E-state index contributed by atoms with van der Waals surface area (Å²) in [5.74, 6) is 0.801. The lowest BCUT2D eigenvalue weighted by Crippen LogP contribution is -2.49. The number of benzene rings is 2. The molecular formula is C23H25N3O4. The number of methoxy groups -OCH3 is 1. The molecule has 7 nitrogen and oxygen atoms in total. The fourth-order valence-corrected chi connectivity index (χ4v) is 3.88. The summed E-state index contributed by atoms with van der Waals surface area (Å²) in [6, 6.07) is 12.6. The SMILES string of the molecule is COc1ccc(C(=O)CN2CCN(C(=O)c3ccc4c(c3)CCC(=O)N4)CC2)cc1. The molecule has 2 aliphatic heterocycles. The summed E-state index contributed by atoms with van der Waals surface area (Å²) in [6.45, 7) is 2.83. The summed E-state index contributed by atoms with van der Waals surface area (Å²) < 4.78 is 5.13. The quantitative estimate of drug-likeness (QED) is 0.769. The number of anilines is 1. The largest absolute Gasteiger partial charge is 0.497 e. The number of amides is 2. The molecule has 1 saturated heterocycles. The maximum absolute atomic E-state index is 12.9. The van der Waals surface area contributed by atoms with E-state index >= 15 is 0 Å². The molecule has 0 atom stereocenters. The number of nitrogens with zero attached hydrogens (tertiary/aromatic N) is 2. The number of piperazine rings is 1. The van der Waals surface area contributed by atoms with E-state index in [0.717, 1.165) is 17.0 Å². The van der Waals surface area contributed by atoms with Crippen LogP contribution in [0.3, 0.4) is 0 Å². The standard InChI is InChI=1S/C23H25N3O4/c1-30-19-6-2-16(3-7-19)21(27)15-25-10-12-26(13-11-25)23(29)18-4-8-20-17(14-18)5-9-22(28)24-20/h2-4,6-8,14H,5,9-13,15H2,1H3,(H,24,28). The molecule has 0 aromatic heterocycles. The van der Waals surface area contributed by atoms with Gasteiger partial charge in [-0.3, -0.25) is 19.3 Å². The third-order valence-corrected chi connectivity index (χ3v) is 5.69. The molecule has 0 saturated carbocycles. The number of aryl methyl sites for hydroxylation is 1. The first-order chi connectivity index (χ1) is 14.5. The highest BCUT2D eigenvalue weighted by molar-refractivity contribution is 5.98. The van der Waals surface area contributed by atoms with Crippen LogP contribution >= 0.6 is 0 Å². The van der Waals surface area contributed by atoms with Gasteiger partial charge in [-0.1, -0.05) is 0 Å². The zero-order valence-corrected chi connectivity index (χ0v) is 17.0. The summed E-state index contributed by atoms with van der Waals surface area (Å²) >= 11 is 0. The molecule has 0 unspecified atom stereocenters. The van der Waals surface area contributed by atoms with E-state index in [4.69, 9.17) is 4.74 Å². The highest BCUT2D eigenvalue weighted by atomic mass is 16.5. The number of hydrogen-bond donors (Lipinski definition) is 1. The van der Waals surface area contributed by atoms with E-state index in [-0.39, 0.29) is 17.6 Å². The number of ketones is 1. The lowest BCUT2D eigenvalue weighted by atomic mass is 10.00. The fraction of sp³-hybridized carbons (Fsp3) is 0.348. The number of carbonyl (C=O) groups excluding carboxylic acids is 3. The van der Waals surface area contributed by atoms with Crippen molar-refractivity contribution < 1.29 is 19.1 Å². The van der Waals surface area contributed by atoms with Crippen LogP contribution in [-0.2, 0) is 11.2 Å². The zero-order valence-electron chi connectivity index (χ0n) is 17.0. The molecule has 0 spiro atoms. The van der Waals surface area contributed by atoms with Gasteiger partial charge in [0, 0.05) is 49.4 Å². The number of fused-ring (bicyclic) bond motifs is 1. The van der Waals surface area contributed by atoms with Crippen molar-refractivity contribution in [2.45, 2.75) is 12.8 Å². The topological polar surface area (TPSA) is 79.0 Å². The lowest BCUT2D eigenvalue weighted by molar-refractivity contribution is -0.116. The Labute approximate surface area is 175 Å². The van der Waals surface area contributed by atoms with Gasteiger partial charge in [-0.25, -0.2) is 0 Å². The molecule has 156 valence electrons. The van der Waals surface area contributed by atoms with Crippen LogP contribution in [0.25, 0.3) is 0 Å². The number of rotatable bonds is 5. The predicted molar refractivity (Wildman–Crippen MR) is 113 cm³/mol. The van der Waals surface area contributed by atoms with Crippen LogP contribution in [-0.4, -0.2) is 67.2 Å². The van der Waals surface area contributed by atoms with E-state index in [2.05, 4.69) is 10.2 Å². The van der Waals surface area contributed by atoms with Gasteiger partial charge >= 0.3 is 0 Å². The van der Waals surface area contributed by atoms with Crippen molar-refractivity contribution >= 4 is 23.3 Å². The Kier molecular flexibility index (Phi) is 5.81. The van der Waals surface area contributed by atoms with Gasteiger partial charge in [-0.2, -0.15) is 0 Å². The van der Waals surface area contributed by atoms with Crippen LogP contribution in [0, 0.1) is 0 Å². The second-order valence-electron chi connectivity index (χ2n) is 7.64. The monoisotopic (exact) mass is 407 g/mol. The Hall–Kier alpha value is -3.19. The van der Waals surface area contributed by atoms with E-state index in [1.807, 2.05) is 17.0 Å². The average molecular weight is 407 g/mol. The number of nitrogens with one attached hydrogen (secondary N) is 1. The van der Waals surface area contributed by atoms with E-state index < -0.39 is 0 Å². The molecule has 7 heteroatoms. The van der Waals surface area contributed by atoms with Crippen LogP contribution in [0.5, 0.6) is 5.75 Å². The van der Waals surface area contributed by atoms with Crippen molar-refractivity contribution in [3.63, 3.8) is 0 Å². The average Bonchev–Trinajstić information content (AvgIpc) is 2.78. The second-order valence-corrected chi connectivity index (χ2v) is 7.64. The molecule has 2 amide bonds. The Bertz CT molecular complexity index is 963. The number of hydrogen-bond acceptors (Lipinski definition) is 5. The minimum atomic E-state index is -0.00386. The normalized spacial score (nSPS) is 16.6. The van der Waals surface area contributed by atoms with E-state index in [0.29, 0.717) is 56.7 Å². The lowest BCUT2D eigenvalue weighted by Gasteiger charge is -2.34. The first-order valence-electron chi connectivity index (χ1n) is 10.1. The van der Waals surface area contributed by atoms with Gasteiger partial charge in [0.1, 0.15) is 5.75 Å². The fourth-order valence-electron chi connectivity index (χ4n) is 3.88. The Morgan fingerprint density at radius 1 is 0.967 bits per heavy atom. The highest BCUT2D eigenvalue weighted by Crippen LogP contribution is 2.24. The summed E-state index contributed by atoms with van der Waals surface area (Å²) in [7, 11) is 1.60. The molecule has 2 aromatic rings. The second kappa shape index (κ2) is 8.67. The van der Waals surface area contributed by atoms with Gasteiger partial charge in [0.25, 0.3) is 5.91 Å². The molecule has 0 radical (unpaired) electrons. The molecule has 30 heavy (non-hydrogen) atoms. The minimum Gasteiger partial charge on any atom is -0.497 e. The summed E-state index contributed by atoms with van der Waals surface area (Å²) in [5, 5.41) is 2.84. The first kappa shape index (κ1) is 20.1. The van der Waals surface area contributed by atoms with Gasteiger partial charge < -0.3 is 15.0 Å². The predicted octanol–water partition coefficient (Wildman–Crippen LogP) is 2.22. The Balaban J connectivity index is 1.32. The van der Waals surface area contributed by atoms with Crippen LogP contribution in [0.15, 0.2) is 42.5 Å². The minimum absolute atomic E-state index is 0.00386. The number of Topliss-reactive ketones (excluding diaryl/α,β-unsaturated/α-hetero) is 1. The van der Waals surface area contributed by atoms with Gasteiger partial charge in [0.15, 0.2) is 5.78 Å². The van der Waals surface area contributed by atoms with Gasteiger partial charge in [-0.15, -0.1) is 0 Å². The van der Waals surface area contributed by atoms with Gasteiger partial charge in [-0.05, 0) is 54.4 Å². The van der Waals surface area contributed by atoms with E-state index in [1.54, 1.807) is 37.4 Å². The third-order valence-electron chi connectivity index (χ3n) is 5.69. The highest BCUT2D eigenvalue weighted by Gasteiger charge is 2.25. The van der Waals surface area contributed by atoms with Crippen molar-refractivity contribution in [3.8, 4) is 5.75 Å². The molecule has 1 N–H and O–H groups in total. The summed E-state index contributed by atoms with van der Waals surface area (Å²) in [6.07, 6.45) is 1.11. The zero-order chi connectivity index (χ0) is 21.1.